The van der Waals surface area contributed by atoms with Crippen molar-refractivity contribution in [3.63, 3.8) is 0 Å². The molecule has 8 nitrogen and oxygen atoms in total. The van der Waals surface area contributed by atoms with E-state index in [0.717, 1.165) is 44.5 Å². The molecule has 0 radical (unpaired) electrons. The number of aromatic nitrogens is 2. The van der Waals surface area contributed by atoms with E-state index in [4.69, 9.17) is 16.3 Å². The Morgan fingerprint density at radius 3 is 2.48 bits per heavy atom. The number of nitrogens with zero attached hydrogens (tertiary/aromatic N) is 5. The van der Waals surface area contributed by atoms with Crippen LogP contribution in [0.5, 0.6) is 5.88 Å². The third-order valence-electron chi connectivity index (χ3n) is 5.54. The maximum atomic E-state index is 11.8. The minimum atomic E-state index is -0.420. The number of anilines is 2. The first-order valence-electron chi connectivity index (χ1n) is 10.0. The summed E-state index contributed by atoms with van der Waals surface area (Å²) in [5.41, 5.74) is 0.921. The molecule has 0 atom stereocenters. The van der Waals surface area contributed by atoms with E-state index in [-0.39, 0.29) is 17.7 Å². The molecule has 0 N–H and O–H groups in total. The zero-order valence-corrected chi connectivity index (χ0v) is 16.9. The van der Waals surface area contributed by atoms with Crippen LogP contribution in [0.15, 0.2) is 30.6 Å². The molecule has 2 aromatic rings. The first-order chi connectivity index (χ1) is 14.1. The predicted octanol–water partition coefficient (Wildman–Crippen LogP) is 4.08. The highest BCUT2D eigenvalue weighted by molar-refractivity contribution is 6.30. The lowest BCUT2D eigenvalue weighted by Crippen LogP contribution is -2.47. The van der Waals surface area contributed by atoms with Crippen LogP contribution in [-0.4, -0.2) is 47.2 Å². The van der Waals surface area contributed by atoms with Crippen molar-refractivity contribution in [2.75, 3.05) is 36.0 Å². The van der Waals surface area contributed by atoms with Crippen LogP contribution in [0.1, 0.15) is 32.1 Å². The topological polar surface area (TPSA) is 84.6 Å². The molecule has 154 valence electrons. The summed E-state index contributed by atoms with van der Waals surface area (Å²) in [7, 11) is 0. The van der Waals surface area contributed by atoms with Crippen molar-refractivity contribution in [1.82, 2.24) is 9.97 Å². The Balaban J connectivity index is 1.51. The summed E-state index contributed by atoms with van der Waals surface area (Å²) >= 11 is 6.10. The third kappa shape index (κ3) is 4.53. The van der Waals surface area contributed by atoms with Crippen molar-refractivity contribution < 1.29 is 9.66 Å². The highest BCUT2D eigenvalue weighted by Crippen LogP contribution is 2.36. The Bertz CT molecular complexity index is 867. The Kier molecular flexibility index (Phi) is 5.99. The standard InChI is InChI=1S/C20H24ClN5O3/c21-15-5-4-6-16(13-15)24-9-11-25(12-10-24)19-18(26(27)28)20(23-14-22-19)29-17-7-2-1-3-8-17/h4-6,13-14,17H,1-3,7-12H2. The minimum absolute atomic E-state index is 0.00937. The number of halogens is 1. The van der Waals surface area contributed by atoms with Crippen LogP contribution in [0.3, 0.4) is 0 Å². The Morgan fingerprint density at radius 2 is 1.79 bits per heavy atom. The average Bonchev–Trinajstić information content (AvgIpc) is 2.74. The fourth-order valence-electron chi connectivity index (χ4n) is 4.02. The van der Waals surface area contributed by atoms with Crippen LogP contribution in [0, 0.1) is 10.1 Å². The van der Waals surface area contributed by atoms with Crippen molar-refractivity contribution in [3.05, 3.63) is 45.7 Å². The normalized spacial score (nSPS) is 18.0. The Hall–Kier alpha value is -2.61. The predicted molar refractivity (Wildman–Crippen MR) is 112 cm³/mol. The summed E-state index contributed by atoms with van der Waals surface area (Å²) in [6, 6.07) is 7.72. The summed E-state index contributed by atoms with van der Waals surface area (Å²) in [4.78, 5) is 23.9. The third-order valence-corrected chi connectivity index (χ3v) is 5.77. The summed E-state index contributed by atoms with van der Waals surface area (Å²) in [6.45, 7) is 2.68. The second kappa shape index (κ2) is 8.82. The van der Waals surface area contributed by atoms with Gasteiger partial charge in [0.05, 0.1) is 4.92 Å². The Labute approximate surface area is 174 Å². The second-order valence-electron chi connectivity index (χ2n) is 7.44. The number of hydrogen-bond acceptors (Lipinski definition) is 7. The first kappa shape index (κ1) is 19.7. The molecule has 1 aromatic carbocycles. The molecule has 0 unspecified atom stereocenters. The molecule has 0 bridgehead atoms. The number of hydrogen-bond donors (Lipinski definition) is 0. The molecule has 0 spiro atoms. The van der Waals surface area contributed by atoms with Gasteiger partial charge in [0.15, 0.2) is 0 Å². The van der Waals surface area contributed by atoms with Crippen LogP contribution < -0.4 is 14.5 Å². The number of nitro groups is 1. The second-order valence-corrected chi connectivity index (χ2v) is 7.88. The van der Waals surface area contributed by atoms with E-state index in [1.54, 1.807) is 0 Å². The largest absolute Gasteiger partial charge is 0.469 e. The molecule has 1 saturated carbocycles. The number of rotatable bonds is 5. The van der Waals surface area contributed by atoms with E-state index in [2.05, 4.69) is 14.9 Å². The molecule has 2 fully saturated rings. The van der Waals surface area contributed by atoms with Gasteiger partial charge >= 0.3 is 5.69 Å². The van der Waals surface area contributed by atoms with Crippen molar-refractivity contribution in [2.45, 2.75) is 38.2 Å². The van der Waals surface area contributed by atoms with Gasteiger partial charge in [-0.3, -0.25) is 10.1 Å². The van der Waals surface area contributed by atoms with Crippen molar-refractivity contribution in [3.8, 4) is 5.88 Å². The highest BCUT2D eigenvalue weighted by Gasteiger charge is 2.31. The van der Waals surface area contributed by atoms with Gasteiger partial charge in [0.2, 0.25) is 5.82 Å². The monoisotopic (exact) mass is 417 g/mol. The quantitative estimate of drug-likeness (QED) is 0.535. The molecule has 1 aliphatic heterocycles. The zero-order valence-electron chi connectivity index (χ0n) is 16.2. The Morgan fingerprint density at radius 1 is 1.07 bits per heavy atom. The van der Waals surface area contributed by atoms with Gasteiger partial charge in [-0.2, -0.15) is 4.98 Å². The van der Waals surface area contributed by atoms with Gasteiger partial charge in [0.1, 0.15) is 12.4 Å². The molecular formula is C20H24ClN5O3. The summed E-state index contributed by atoms with van der Waals surface area (Å²) in [6.07, 6.45) is 6.54. The van der Waals surface area contributed by atoms with E-state index in [9.17, 15) is 10.1 Å². The van der Waals surface area contributed by atoms with E-state index in [1.807, 2.05) is 29.2 Å². The van der Waals surface area contributed by atoms with Gasteiger partial charge in [-0.1, -0.05) is 24.1 Å². The molecule has 1 aromatic heterocycles. The number of piperazine rings is 1. The maximum absolute atomic E-state index is 11.8. The van der Waals surface area contributed by atoms with E-state index in [1.165, 1.54) is 12.7 Å². The summed E-state index contributed by atoms with van der Waals surface area (Å²) in [5, 5.41) is 12.5. The molecule has 2 heterocycles. The highest BCUT2D eigenvalue weighted by atomic mass is 35.5. The molecule has 1 aliphatic carbocycles. The molecular weight excluding hydrogens is 394 g/mol. The van der Waals surface area contributed by atoms with Gasteiger partial charge in [-0.25, -0.2) is 4.98 Å². The molecule has 29 heavy (non-hydrogen) atoms. The van der Waals surface area contributed by atoms with Crippen LogP contribution >= 0.6 is 11.6 Å². The molecule has 1 saturated heterocycles. The van der Waals surface area contributed by atoms with E-state index < -0.39 is 4.92 Å². The van der Waals surface area contributed by atoms with Crippen LogP contribution in [0.2, 0.25) is 5.02 Å². The molecule has 4 rings (SSSR count). The van der Waals surface area contributed by atoms with E-state index >= 15 is 0 Å². The van der Waals surface area contributed by atoms with E-state index in [0.29, 0.717) is 23.9 Å². The van der Waals surface area contributed by atoms with Crippen molar-refractivity contribution >= 4 is 28.8 Å². The lowest BCUT2D eigenvalue weighted by Gasteiger charge is -2.36. The lowest BCUT2D eigenvalue weighted by atomic mass is 9.98. The van der Waals surface area contributed by atoms with Gasteiger partial charge in [0, 0.05) is 36.9 Å². The van der Waals surface area contributed by atoms with Gasteiger partial charge in [-0.05, 0) is 43.9 Å². The fourth-order valence-corrected chi connectivity index (χ4v) is 4.21. The van der Waals surface area contributed by atoms with Crippen molar-refractivity contribution in [2.24, 2.45) is 0 Å². The van der Waals surface area contributed by atoms with Crippen molar-refractivity contribution in [1.29, 1.82) is 0 Å². The van der Waals surface area contributed by atoms with Crippen LogP contribution in [0.4, 0.5) is 17.2 Å². The summed E-state index contributed by atoms with van der Waals surface area (Å²) in [5.74, 6) is 0.422. The summed E-state index contributed by atoms with van der Waals surface area (Å²) < 4.78 is 5.94. The number of ether oxygens (including phenoxy) is 1. The van der Waals surface area contributed by atoms with Gasteiger partial charge < -0.3 is 14.5 Å². The molecule has 9 heteroatoms. The van der Waals surface area contributed by atoms with Crippen LogP contribution in [-0.2, 0) is 0 Å². The number of benzene rings is 1. The SMILES string of the molecule is O=[N+]([O-])c1c(OC2CCCCC2)ncnc1N1CCN(c2cccc(Cl)c2)CC1. The lowest BCUT2D eigenvalue weighted by molar-refractivity contribution is -0.385. The fraction of sp³-hybridized carbons (Fsp3) is 0.500. The molecule has 2 aliphatic rings. The van der Waals surface area contributed by atoms with Crippen LogP contribution in [0.25, 0.3) is 0 Å². The zero-order chi connectivity index (χ0) is 20.2. The molecule has 0 amide bonds. The minimum Gasteiger partial charge on any atom is -0.469 e. The average molecular weight is 418 g/mol. The first-order valence-corrected chi connectivity index (χ1v) is 10.4. The van der Waals surface area contributed by atoms with Gasteiger partial charge in [0.25, 0.3) is 5.88 Å². The smallest absolute Gasteiger partial charge is 0.372 e. The maximum Gasteiger partial charge on any atom is 0.372 e. The van der Waals surface area contributed by atoms with Gasteiger partial charge in [-0.15, -0.1) is 0 Å².